The Morgan fingerprint density at radius 2 is 2.14 bits per heavy atom. The van der Waals surface area contributed by atoms with Gasteiger partial charge < -0.3 is 19.7 Å². The van der Waals surface area contributed by atoms with Crippen molar-refractivity contribution in [3.05, 3.63) is 33.9 Å². The molecule has 1 aliphatic heterocycles. The Morgan fingerprint density at radius 1 is 1.36 bits per heavy atom. The molecule has 1 saturated heterocycles. The lowest BCUT2D eigenvalue weighted by atomic mass is 10.2. The average Bonchev–Trinajstić information content (AvgIpc) is 2.51. The Kier molecular flexibility index (Phi) is 6.57. The quantitative estimate of drug-likeness (QED) is 0.357. The summed E-state index contributed by atoms with van der Waals surface area (Å²) in [4.78, 5) is 12.1. The first kappa shape index (κ1) is 16.7. The van der Waals surface area contributed by atoms with E-state index in [0.29, 0.717) is 12.4 Å². The molecule has 0 aromatic heterocycles. The van der Waals surface area contributed by atoms with Crippen molar-refractivity contribution in [2.45, 2.75) is 6.92 Å². The zero-order chi connectivity index (χ0) is 15.8. The summed E-state index contributed by atoms with van der Waals surface area (Å²) in [5.74, 6) is 0.359. The first-order valence-corrected chi connectivity index (χ1v) is 7.77. The van der Waals surface area contributed by atoms with Crippen LogP contribution >= 0.6 is 0 Å². The molecule has 0 atom stereocenters. The summed E-state index contributed by atoms with van der Waals surface area (Å²) >= 11 is 0. The summed E-state index contributed by atoms with van der Waals surface area (Å²) in [6.45, 7) is 9.21. The van der Waals surface area contributed by atoms with Gasteiger partial charge >= 0.3 is 5.69 Å². The van der Waals surface area contributed by atoms with Gasteiger partial charge in [-0.15, -0.1) is 0 Å². The molecule has 0 saturated carbocycles. The van der Waals surface area contributed by atoms with Crippen molar-refractivity contribution in [1.29, 1.82) is 0 Å². The Morgan fingerprint density at radius 3 is 2.86 bits per heavy atom. The van der Waals surface area contributed by atoms with Gasteiger partial charge in [0.1, 0.15) is 39.3 Å². The number of nitrogens with two attached hydrogens (primary N) is 1. The second-order valence-corrected chi connectivity index (χ2v) is 5.56. The number of benzene rings is 1. The van der Waals surface area contributed by atoms with Crippen molar-refractivity contribution in [3.8, 4) is 5.75 Å². The van der Waals surface area contributed by atoms with Crippen molar-refractivity contribution in [2.24, 2.45) is 0 Å². The number of quaternary nitrogens is 2. The van der Waals surface area contributed by atoms with E-state index >= 15 is 0 Å². The first-order chi connectivity index (χ1) is 10.7. The van der Waals surface area contributed by atoms with Gasteiger partial charge in [0.2, 0.25) is 0 Å². The van der Waals surface area contributed by atoms with Crippen LogP contribution in [-0.4, -0.2) is 57.5 Å². The number of hydrogen-bond acceptors (Lipinski definition) is 4. The van der Waals surface area contributed by atoms with Gasteiger partial charge in [0.25, 0.3) is 0 Å². The van der Waals surface area contributed by atoms with Crippen LogP contribution in [0.2, 0.25) is 0 Å². The third kappa shape index (κ3) is 5.25. The number of ether oxygens (including phenoxy) is 2. The minimum absolute atomic E-state index is 0.0309. The number of nitrogens with zero attached hydrogens (tertiary/aromatic N) is 1. The van der Waals surface area contributed by atoms with Crippen LogP contribution in [0.15, 0.2) is 18.2 Å². The molecule has 2 rings (SSSR count). The number of aryl methyl sites for hydroxylation is 1. The number of nitro benzene ring substituents is 1. The number of hydrogen-bond donors (Lipinski definition) is 2. The Hall–Kier alpha value is -1.70. The van der Waals surface area contributed by atoms with Crippen LogP contribution in [0, 0.1) is 17.0 Å². The summed E-state index contributed by atoms with van der Waals surface area (Å²) in [6.07, 6.45) is 0. The third-order valence-electron chi connectivity index (χ3n) is 3.79. The monoisotopic (exact) mass is 311 g/mol. The molecule has 0 unspecified atom stereocenters. The molecule has 1 aromatic rings. The van der Waals surface area contributed by atoms with E-state index in [1.54, 1.807) is 17.0 Å². The van der Waals surface area contributed by atoms with Crippen molar-refractivity contribution < 1.29 is 24.6 Å². The highest BCUT2D eigenvalue weighted by atomic mass is 16.6. The zero-order valence-corrected chi connectivity index (χ0v) is 13.0. The Labute approximate surface area is 130 Å². The van der Waals surface area contributed by atoms with Gasteiger partial charge in [-0.2, -0.15) is 0 Å². The first-order valence-electron chi connectivity index (χ1n) is 7.77. The second-order valence-electron chi connectivity index (χ2n) is 5.56. The van der Waals surface area contributed by atoms with E-state index in [2.05, 4.69) is 5.32 Å². The predicted molar refractivity (Wildman–Crippen MR) is 81.4 cm³/mol. The minimum atomic E-state index is -0.403. The van der Waals surface area contributed by atoms with Gasteiger partial charge in [0.05, 0.1) is 18.1 Å². The maximum atomic E-state index is 10.9. The molecule has 22 heavy (non-hydrogen) atoms. The van der Waals surface area contributed by atoms with E-state index in [1.165, 1.54) is 6.07 Å². The van der Waals surface area contributed by atoms with Crippen molar-refractivity contribution >= 4 is 5.69 Å². The van der Waals surface area contributed by atoms with Gasteiger partial charge in [-0.3, -0.25) is 10.1 Å². The maximum absolute atomic E-state index is 10.9. The van der Waals surface area contributed by atoms with Gasteiger partial charge in [0, 0.05) is 6.07 Å². The molecule has 7 nitrogen and oxygen atoms in total. The predicted octanol–water partition coefficient (Wildman–Crippen LogP) is -1.24. The van der Waals surface area contributed by atoms with E-state index in [0.717, 1.165) is 51.5 Å². The molecule has 0 bridgehead atoms. The molecule has 1 aliphatic rings. The van der Waals surface area contributed by atoms with E-state index in [4.69, 9.17) is 9.47 Å². The molecular weight excluding hydrogens is 286 g/mol. The molecule has 1 fully saturated rings. The highest BCUT2D eigenvalue weighted by Gasteiger charge is 2.15. The summed E-state index contributed by atoms with van der Waals surface area (Å²) in [5.41, 5.74) is 0.990. The fourth-order valence-corrected chi connectivity index (χ4v) is 2.50. The fourth-order valence-electron chi connectivity index (χ4n) is 2.50. The standard InChI is InChI=1S/C15H23N3O4/c1-13-2-3-14(18(19)20)15(12-13)22-9-5-16-4-6-17-7-10-21-11-8-17/h2-3,12,16H,4-11H2,1H3/p+2. The maximum Gasteiger partial charge on any atom is 0.310 e. The molecule has 122 valence electrons. The smallest absolute Gasteiger partial charge is 0.310 e. The molecule has 7 heteroatoms. The molecule has 0 spiro atoms. The fraction of sp³-hybridized carbons (Fsp3) is 0.600. The SMILES string of the molecule is Cc1ccc([N+](=O)[O-])c(OCC[NH2+]CC[NH+]2CCOCC2)c1. The molecule has 0 amide bonds. The average molecular weight is 311 g/mol. The Bertz CT molecular complexity index is 490. The van der Waals surface area contributed by atoms with E-state index in [9.17, 15) is 10.1 Å². The van der Waals surface area contributed by atoms with Gasteiger partial charge in [0.15, 0.2) is 5.75 Å². The lowest BCUT2D eigenvalue weighted by Crippen LogP contribution is -3.16. The van der Waals surface area contributed by atoms with Gasteiger partial charge in [-0.05, 0) is 18.6 Å². The van der Waals surface area contributed by atoms with Crippen molar-refractivity contribution in [3.63, 3.8) is 0 Å². The highest BCUT2D eigenvalue weighted by Crippen LogP contribution is 2.27. The van der Waals surface area contributed by atoms with Crippen molar-refractivity contribution in [2.75, 3.05) is 52.5 Å². The number of morpholine rings is 1. The van der Waals surface area contributed by atoms with Crippen LogP contribution in [0.3, 0.4) is 0 Å². The largest absolute Gasteiger partial charge is 0.481 e. The van der Waals surface area contributed by atoms with Crippen LogP contribution < -0.4 is 15.0 Å². The van der Waals surface area contributed by atoms with E-state index in [-0.39, 0.29) is 5.69 Å². The summed E-state index contributed by atoms with van der Waals surface area (Å²) < 4.78 is 10.9. The van der Waals surface area contributed by atoms with Crippen LogP contribution in [-0.2, 0) is 4.74 Å². The van der Waals surface area contributed by atoms with Crippen LogP contribution in [0.25, 0.3) is 0 Å². The lowest BCUT2D eigenvalue weighted by molar-refractivity contribution is -0.919. The summed E-state index contributed by atoms with van der Waals surface area (Å²) in [5, 5.41) is 13.1. The van der Waals surface area contributed by atoms with Crippen molar-refractivity contribution in [1.82, 2.24) is 0 Å². The normalized spacial score (nSPS) is 15.7. The lowest BCUT2D eigenvalue weighted by Gasteiger charge is -2.22. The van der Waals surface area contributed by atoms with Crippen LogP contribution in [0.4, 0.5) is 5.69 Å². The zero-order valence-electron chi connectivity index (χ0n) is 13.0. The summed E-state index contributed by atoms with van der Waals surface area (Å²) in [6, 6.07) is 4.94. The highest BCUT2D eigenvalue weighted by molar-refractivity contribution is 5.48. The molecular formula is C15H25N3O4+2. The summed E-state index contributed by atoms with van der Waals surface area (Å²) in [7, 11) is 0. The number of nitrogens with one attached hydrogen (secondary N) is 1. The minimum Gasteiger partial charge on any atom is -0.481 e. The second kappa shape index (κ2) is 8.67. The molecule has 0 aliphatic carbocycles. The molecule has 1 aromatic carbocycles. The van der Waals surface area contributed by atoms with Crippen LogP contribution in [0.5, 0.6) is 5.75 Å². The third-order valence-corrected chi connectivity index (χ3v) is 3.79. The van der Waals surface area contributed by atoms with Gasteiger partial charge in [-0.1, -0.05) is 6.07 Å². The number of rotatable bonds is 8. The van der Waals surface area contributed by atoms with Gasteiger partial charge in [-0.25, -0.2) is 0 Å². The van der Waals surface area contributed by atoms with E-state index < -0.39 is 4.92 Å². The molecule has 0 radical (unpaired) electrons. The number of nitro groups is 1. The molecule has 1 heterocycles. The molecule has 3 N–H and O–H groups in total. The van der Waals surface area contributed by atoms with E-state index in [1.807, 2.05) is 6.92 Å². The Balaban J connectivity index is 1.66. The topological polar surface area (TPSA) is 82.7 Å². The van der Waals surface area contributed by atoms with Crippen LogP contribution in [0.1, 0.15) is 5.56 Å².